The first kappa shape index (κ1) is 16.2. The number of hydrogen-bond donors (Lipinski definition) is 1. The van der Waals surface area contributed by atoms with Crippen LogP contribution in [0.1, 0.15) is 38.1 Å². The Morgan fingerprint density at radius 2 is 2.00 bits per heavy atom. The van der Waals surface area contributed by atoms with E-state index in [1.165, 1.54) is 10.7 Å². The summed E-state index contributed by atoms with van der Waals surface area (Å²) < 4.78 is 6.46. The van der Waals surface area contributed by atoms with Gasteiger partial charge in [-0.1, -0.05) is 32.9 Å². The average Bonchev–Trinajstić information content (AvgIpc) is 2.48. The normalized spacial score (nSPS) is 13.0. The number of hydrogen-bond acceptors (Lipinski definition) is 4. The van der Waals surface area contributed by atoms with Gasteiger partial charge in [-0.05, 0) is 23.8 Å². The number of aromatic nitrogens is 2. The summed E-state index contributed by atoms with van der Waals surface area (Å²) in [6, 6.07) is 10.4. The summed E-state index contributed by atoms with van der Waals surface area (Å²) in [5, 5.41) is 14.7. The zero-order chi connectivity index (χ0) is 16.3. The number of rotatable bonds is 4. The molecule has 0 fully saturated rings. The Morgan fingerprint density at radius 3 is 2.64 bits per heavy atom. The second kappa shape index (κ2) is 6.32. The maximum Gasteiger partial charge on any atom is 0.266 e. The van der Waals surface area contributed by atoms with Crippen molar-refractivity contribution in [3.05, 3.63) is 58.0 Å². The van der Waals surface area contributed by atoms with Gasteiger partial charge in [0.25, 0.3) is 5.56 Å². The molecule has 1 atom stereocenters. The summed E-state index contributed by atoms with van der Waals surface area (Å²) in [5.41, 5.74) is 1.12. The van der Waals surface area contributed by atoms with Gasteiger partial charge in [-0.15, -0.1) is 0 Å². The molecule has 1 N–H and O–H groups in total. The summed E-state index contributed by atoms with van der Waals surface area (Å²) in [6.07, 6.45) is -0.824. The Bertz CT molecular complexity index is 702. The molecule has 1 aromatic carbocycles. The fourth-order valence-electron chi connectivity index (χ4n) is 2.10. The molecule has 2 aromatic rings. The number of methoxy groups -OCH3 is 1. The first-order valence-corrected chi connectivity index (χ1v) is 7.22. The van der Waals surface area contributed by atoms with E-state index in [0.717, 1.165) is 5.69 Å². The molecule has 0 bridgehead atoms. The maximum absolute atomic E-state index is 12.0. The van der Waals surface area contributed by atoms with Crippen LogP contribution in [-0.2, 0) is 12.0 Å². The number of aliphatic hydroxyl groups excluding tert-OH is 1. The Balaban J connectivity index is 2.27. The highest BCUT2D eigenvalue weighted by Gasteiger charge is 2.18. The molecular weight excluding hydrogens is 280 g/mol. The van der Waals surface area contributed by atoms with Gasteiger partial charge in [-0.25, -0.2) is 4.68 Å². The predicted octanol–water partition coefficient (Wildman–Crippen LogP) is 2.28. The fraction of sp³-hybridized carbons (Fsp3) is 0.412. The van der Waals surface area contributed by atoms with E-state index in [1.807, 2.05) is 20.8 Å². The van der Waals surface area contributed by atoms with E-state index < -0.39 is 6.10 Å². The van der Waals surface area contributed by atoms with Crippen LogP contribution in [0.5, 0.6) is 5.75 Å². The summed E-state index contributed by atoms with van der Waals surface area (Å²) in [7, 11) is 1.57. The fourth-order valence-corrected chi connectivity index (χ4v) is 2.10. The third-order valence-electron chi connectivity index (χ3n) is 3.46. The molecule has 2 rings (SSSR count). The van der Waals surface area contributed by atoms with E-state index in [2.05, 4.69) is 5.10 Å². The summed E-state index contributed by atoms with van der Waals surface area (Å²) in [6.45, 7) is 6.20. The predicted molar refractivity (Wildman–Crippen MR) is 85.2 cm³/mol. The molecule has 22 heavy (non-hydrogen) atoms. The standard InChI is InChI=1S/C17H22N2O3/c1-17(2,3)15-8-9-16(21)19(18-15)11-14(20)12-6-5-7-13(10-12)22-4/h5-10,14,20H,11H2,1-4H3. The lowest BCUT2D eigenvalue weighted by atomic mass is 9.92. The van der Waals surface area contributed by atoms with Gasteiger partial charge < -0.3 is 9.84 Å². The molecular formula is C17H22N2O3. The van der Waals surface area contributed by atoms with Gasteiger partial charge in [0.05, 0.1) is 25.5 Å². The van der Waals surface area contributed by atoms with Gasteiger partial charge in [0.15, 0.2) is 0 Å². The highest BCUT2D eigenvalue weighted by molar-refractivity contribution is 5.29. The first-order chi connectivity index (χ1) is 10.3. The molecule has 118 valence electrons. The maximum atomic E-state index is 12.0. The highest BCUT2D eigenvalue weighted by atomic mass is 16.5. The highest BCUT2D eigenvalue weighted by Crippen LogP contribution is 2.21. The molecule has 1 aromatic heterocycles. The van der Waals surface area contributed by atoms with E-state index >= 15 is 0 Å². The number of benzene rings is 1. The lowest BCUT2D eigenvalue weighted by molar-refractivity contribution is 0.148. The van der Waals surface area contributed by atoms with E-state index in [0.29, 0.717) is 11.3 Å². The summed E-state index contributed by atoms with van der Waals surface area (Å²) in [4.78, 5) is 12.0. The van der Waals surface area contributed by atoms with Gasteiger partial charge in [-0.2, -0.15) is 5.10 Å². The van der Waals surface area contributed by atoms with Crippen molar-refractivity contribution < 1.29 is 9.84 Å². The Kier molecular flexibility index (Phi) is 4.66. The zero-order valence-corrected chi connectivity index (χ0v) is 13.4. The van der Waals surface area contributed by atoms with Crippen molar-refractivity contribution in [3.8, 4) is 5.75 Å². The van der Waals surface area contributed by atoms with Gasteiger partial charge >= 0.3 is 0 Å². The van der Waals surface area contributed by atoms with Gasteiger partial charge in [0.1, 0.15) is 5.75 Å². The lowest BCUT2D eigenvalue weighted by Gasteiger charge is -2.19. The topological polar surface area (TPSA) is 64.3 Å². The molecule has 1 heterocycles. The van der Waals surface area contributed by atoms with Crippen molar-refractivity contribution >= 4 is 0 Å². The number of ether oxygens (including phenoxy) is 1. The number of nitrogens with zero attached hydrogens (tertiary/aromatic N) is 2. The van der Waals surface area contributed by atoms with Crippen LogP contribution >= 0.6 is 0 Å². The van der Waals surface area contributed by atoms with E-state index in [4.69, 9.17) is 4.74 Å². The minimum Gasteiger partial charge on any atom is -0.497 e. The second-order valence-electron chi connectivity index (χ2n) is 6.28. The van der Waals surface area contributed by atoms with E-state index in [9.17, 15) is 9.90 Å². The molecule has 0 aliphatic heterocycles. The lowest BCUT2D eigenvalue weighted by Crippen LogP contribution is -2.28. The van der Waals surface area contributed by atoms with Crippen molar-refractivity contribution in [2.75, 3.05) is 7.11 Å². The van der Waals surface area contributed by atoms with Crippen LogP contribution in [0, 0.1) is 0 Å². The van der Waals surface area contributed by atoms with E-state index in [1.54, 1.807) is 37.4 Å². The van der Waals surface area contributed by atoms with Crippen molar-refractivity contribution in [3.63, 3.8) is 0 Å². The molecule has 5 heteroatoms. The van der Waals surface area contributed by atoms with Crippen LogP contribution in [-0.4, -0.2) is 22.0 Å². The quantitative estimate of drug-likeness (QED) is 0.941. The third kappa shape index (κ3) is 3.74. The minimum absolute atomic E-state index is 0.107. The van der Waals surface area contributed by atoms with Crippen LogP contribution < -0.4 is 10.3 Å². The molecule has 0 aliphatic carbocycles. The third-order valence-corrected chi connectivity index (χ3v) is 3.46. The molecule has 0 amide bonds. The van der Waals surface area contributed by atoms with Crippen molar-refractivity contribution in [2.45, 2.75) is 38.8 Å². The van der Waals surface area contributed by atoms with Crippen LogP contribution in [0.4, 0.5) is 0 Å². The molecule has 0 saturated heterocycles. The number of aliphatic hydroxyl groups is 1. The SMILES string of the molecule is COc1cccc(C(O)Cn2nc(C(C)(C)C)ccc2=O)c1. The van der Waals surface area contributed by atoms with Crippen LogP contribution in [0.2, 0.25) is 0 Å². The largest absolute Gasteiger partial charge is 0.497 e. The van der Waals surface area contributed by atoms with Crippen LogP contribution in [0.3, 0.4) is 0 Å². The van der Waals surface area contributed by atoms with Crippen LogP contribution in [0.15, 0.2) is 41.2 Å². The van der Waals surface area contributed by atoms with Gasteiger partial charge in [0, 0.05) is 11.5 Å². The molecule has 5 nitrogen and oxygen atoms in total. The summed E-state index contributed by atoms with van der Waals surface area (Å²) >= 11 is 0. The molecule has 0 radical (unpaired) electrons. The Morgan fingerprint density at radius 1 is 1.27 bits per heavy atom. The molecule has 1 unspecified atom stereocenters. The van der Waals surface area contributed by atoms with Crippen molar-refractivity contribution in [1.29, 1.82) is 0 Å². The first-order valence-electron chi connectivity index (χ1n) is 7.22. The smallest absolute Gasteiger partial charge is 0.266 e. The van der Waals surface area contributed by atoms with Crippen molar-refractivity contribution in [2.24, 2.45) is 0 Å². The second-order valence-corrected chi connectivity index (χ2v) is 6.28. The monoisotopic (exact) mass is 302 g/mol. The zero-order valence-electron chi connectivity index (χ0n) is 13.4. The Hall–Kier alpha value is -2.14. The van der Waals surface area contributed by atoms with Gasteiger partial charge in [0.2, 0.25) is 0 Å². The van der Waals surface area contributed by atoms with E-state index in [-0.39, 0.29) is 17.5 Å². The van der Waals surface area contributed by atoms with Gasteiger partial charge in [-0.3, -0.25) is 4.79 Å². The average molecular weight is 302 g/mol. The minimum atomic E-state index is -0.824. The Labute approximate surface area is 130 Å². The molecule has 0 spiro atoms. The molecule has 0 aliphatic rings. The van der Waals surface area contributed by atoms with Crippen molar-refractivity contribution in [1.82, 2.24) is 9.78 Å². The van der Waals surface area contributed by atoms with Crippen LogP contribution in [0.25, 0.3) is 0 Å². The molecule has 0 saturated carbocycles. The summed E-state index contributed by atoms with van der Waals surface area (Å²) in [5.74, 6) is 0.667.